The zero-order chi connectivity index (χ0) is 21.5. The van der Waals surface area contributed by atoms with Crippen LogP contribution in [0.15, 0.2) is 78.9 Å². The van der Waals surface area contributed by atoms with Crippen LogP contribution in [0.2, 0.25) is 0 Å². The number of nitro groups is 1. The predicted octanol–water partition coefficient (Wildman–Crippen LogP) is 5.04. The highest BCUT2D eigenvalue weighted by Gasteiger charge is 2.43. The zero-order valence-corrected chi connectivity index (χ0v) is 16.6. The molecule has 1 atom stereocenters. The largest absolute Gasteiger partial charge is 0.295 e. The number of nitro benzene ring substituents is 1. The smallest absolute Gasteiger partial charge is 0.277 e. The first kappa shape index (κ1) is 18.7. The summed E-state index contributed by atoms with van der Waals surface area (Å²) in [5.41, 5.74) is 5.12. The van der Waals surface area contributed by atoms with Crippen LogP contribution in [0.25, 0.3) is 11.3 Å². The number of amides is 1. The van der Waals surface area contributed by atoms with Gasteiger partial charge in [0, 0.05) is 28.9 Å². The van der Waals surface area contributed by atoms with Crippen molar-refractivity contribution in [1.29, 1.82) is 0 Å². The molecule has 4 aromatic rings. The molecule has 1 amide bonds. The lowest BCUT2D eigenvalue weighted by Gasteiger charge is -2.26. The molecule has 2 heterocycles. The predicted molar refractivity (Wildman–Crippen MR) is 117 cm³/mol. The second kappa shape index (κ2) is 7.21. The second-order valence-electron chi connectivity index (χ2n) is 7.49. The number of hydrogen-bond acceptors (Lipinski definition) is 4. The van der Waals surface area contributed by atoms with E-state index in [2.05, 4.69) is 10.2 Å². The first-order valence-corrected chi connectivity index (χ1v) is 9.83. The van der Waals surface area contributed by atoms with Gasteiger partial charge >= 0.3 is 0 Å². The molecule has 0 bridgehead atoms. The van der Waals surface area contributed by atoms with Gasteiger partial charge in [-0.05, 0) is 24.6 Å². The molecule has 1 N–H and O–H groups in total. The zero-order valence-electron chi connectivity index (χ0n) is 16.6. The number of aryl methyl sites for hydroxylation is 1. The summed E-state index contributed by atoms with van der Waals surface area (Å²) in [5.74, 6) is -0.219. The van der Waals surface area contributed by atoms with E-state index in [1.54, 1.807) is 11.0 Å². The number of non-ortho nitro benzene ring substituents is 1. The van der Waals surface area contributed by atoms with Crippen LogP contribution in [0.3, 0.4) is 0 Å². The minimum absolute atomic E-state index is 0.0215. The summed E-state index contributed by atoms with van der Waals surface area (Å²) >= 11 is 0. The molecular formula is C24H18N4O3. The van der Waals surface area contributed by atoms with E-state index in [4.69, 9.17) is 0 Å². The molecule has 0 saturated heterocycles. The van der Waals surface area contributed by atoms with Gasteiger partial charge in [0.05, 0.1) is 16.7 Å². The molecule has 0 fully saturated rings. The SMILES string of the molecule is Cc1ccc(-c2n[nH]c3c2[C@@H](c2cccc([N+](=O)[O-])c2)N(c2ccccc2)C3=O)cc1. The van der Waals surface area contributed by atoms with Gasteiger partial charge in [0.25, 0.3) is 11.6 Å². The van der Waals surface area contributed by atoms with E-state index in [-0.39, 0.29) is 11.6 Å². The standard InChI is InChI=1S/C24H18N4O3/c1-15-10-12-16(13-11-15)21-20-22(26-25-21)24(29)27(18-7-3-2-4-8-18)23(20)17-6-5-9-19(14-17)28(30)31/h2-14,23H,1H3,(H,25,26)/t23-/m1/s1. The van der Waals surface area contributed by atoms with Crippen molar-refractivity contribution in [1.82, 2.24) is 10.2 Å². The number of carbonyl (C=O) groups is 1. The number of carbonyl (C=O) groups excluding carboxylic acids is 1. The molecule has 1 aliphatic heterocycles. The van der Waals surface area contributed by atoms with E-state index in [9.17, 15) is 14.9 Å². The fourth-order valence-corrected chi connectivity index (χ4v) is 4.06. The molecule has 31 heavy (non-hydrogen) atoms. The van der Waals surface area contributed by atoms with Crippen LogP contribution in [-0.2, 0) is 0 Å². The highest BCUT2D eigenvalue weighted by atomic mass is 16.6. The van der Waals surface area contributed by atoms with Gasteiger partial charge in [-0.25, -0.2) is 0 Å². The van der Waals surface area contributed by atoms with E-state index in [0.29, 0.717) is 22.6 Å². The van der Waals surface area contributed by atoms with E-state index in [1.807, 2.05) is 67.6 Å². The maximum absolute atomic E-state index is 13.4. The summed E-state index contributed by atoms with van der Waals surface area (Å²) in [7, 11) is 0. The average Bonchev–Trinajstić information content (AvgIpc) is 3.34. The van der Waals surface area contributed by atoms with Gasteiger partial charge in [-0.1, -0.05) is 60.2 Å². The van der Waals surface area contributed by atoms with E-state index in [0.717, 1.165) is 16.7 Å². The summed E-state index contributed by atoms with van der Waals surface area (Å²) in [6.45, 7) is 2.01. The van der Waals surface area contributed by atoms with Crippen molar-refractivity contribution in [3.63, 3.8) is 0 Å². The minimum atomic E-state index is -0.542. The third-order valence-corrected chi connectivity index (χ3v) is 5.52. The van der Waals surface area contributed by atoms with Gasteiger partial charge in [-0.15, -0.1) is 0 Å². The second-order valence-corrected chi connectivity index (χ2v) is 7.49. The Kier molecular flexibility index (Phi) is 4.36. The van der Waals surface area contributed by atoms with E-state index < -0.39 is 11.0 Å². The van der Waals surface area contributed by atoms with E-state index >= 15 is 0 Å². The average molecular weight is 410 g/mol. The number of anilines is 1. The van der Waals surface area contributed by atoms with Crippen molar-refractivity contribution < 1.29 is 9.72 Å². The molecule has 1 aliphatic rings. The maximum Gasteiger partial charge on any atom is 0.277 e. The number of nitrogens with zero attached hydrogens (tertiary/aromatic N) is 3. The lowest BCUT2D eigenvalue weighted by Crippen LogP contribution is -2.29. The van der Waals surface area contributed by atoms with Crippen LogP contribution in [0.1, 0.15) is 33.2 Å². The number of hydrogen-bond donors (Lipinski definition) is 1. The number of aromatic nitrogens is 2. The van der Waals surface area contributed by atoms with Crippen molar-refractivity contribution in [2.24, 2.45) is 0 Å². The molecule has 0 radical (unpaired) electrons. The fraction of sp³-hybridized carbons (Fsp3) is 0.0833. The van der Waals surface area contributed by atoms with Gasteiger partial charge in [-0.2, -0.15) is 5.10 Å². The topological polar surface area (TPSA) is 92.1 Å². The number of rotatable bonds is 4. The van der Waals surface area contributed by atoms with Crippen molar-refractivity contribution in [2.75, 3.05) is 4.90 Å². The Morgan fingerprint density at radius 2 is 1.74 bits per heavy atom. The Hall–Kier alpha value is -4.26. The van der Waals surface area contributed by atoms with Gasteiger partial charge < -0.3 is 0 Å². The van der Waals surface area contributed by atoms with Crippen LogP contribution < -0.4 is 4.90 Å². The van der Waals surface area contributed by atoms with Gasteiger partial charge in [0.1, 0.15) is 5.69 Å². The van der Waals surface area contributed by atoms with Crippen molar-refractivity contribution in [3.05, 3.63) is 111 Å². The van der Waals surface area contributed by atoms with Crippen LogP contribution in [0.4, 0.5) is 11.4 Å². The van der Waals surface area contributed by atoms with Crippen molar-refractivity contribution >= 4 is 17.3 Å². The number of nitrogens with one attached hydrogen (secondary N) is 1. The molecule has 5 rings (SSSR count). The van der Waals surface area contributed by atoms with Crippen LogP contribution in [0.5, 0.6) is 0 Å². The van der Waals surface area contributed by atoms with Gasteiger partial charge in [-0.3, -0.25) is 24.9 Å². The number of aromatic amines is 1. The molecule has 3 aromatic carbocycles. The van der Waals surface area contributed by atoms with E-state index in [1.165, 1.54) is 12.1 Å². The summed E-state index contributed by atoms with van der Waals surface area (Å²) in [4.78, 5) is 26.1. The lowest BCUT2D eigenvalue weighted by atomic mass is 9.95. The van der Waals surface area contributed by atoms with Crippen LogP contribution in [0, 0.1) is 17.0 Å². The van der Waals surface area contributed by atoms with Crippen molar-refractivity contribution in [3.8, 4) is 11.3 Å². The van der Waals surface area contributed by atoms with Crippen LogP contribution >= 0.6 is 0 Å². The highest BCUT2D eigenvalue weighted by Crippen LogP contribution is 2.45. The first-order valence-electron chi connectivity index (χ1n) is 9.83. The minimum Gasteiger partial charge on any atom is -0.295 e. The number of benzene rings is 3. The Morgan fingerprint density at radius 1 is 1.00 bits per heavy atom. The molecule has 7 heteroatoms. The number of para-hydroxylation sites is 1. The summed E-state index contributed by atoms with van der Waals surface area (Å²) in [5, 5.41) is 18.8. The summed E-state index contributed by atoms with van der Waals surface area (Å²) < 4.78 is 0. The normalized spacial score (nSPS) is 15.2. The lowest BCUT2D eigenvalue weighted by molar-refractivity contribution is -0.384. The molecule has 0 unspecified atom stereocenters. The van der Waals surface area contributed by atoms with Crippen molar-refractivity contribution in [2.45, 2.75) is 13.0 Å². The molecule has 0 spiro atoms. The Labute approximate surface area is 178 Å². The number of H-pyrrole nitrogens is 1. The third kappa shape index (κ3) is 3.07. The summed E-state index contributed by atoms with van der Waals surface area (Å²) in [6, 6.07) is 23.1. The summed E-state index contributed by atoms with van der Waals surface area (Å²) in [6.07, 6.45) is 0. The Bertz CT molecular complexity index is 1300. The van der Waals surface area contributed by atoms with Gasteiger partial charge in [0.2, 0.25) is 0 Å². The Balaban J connectivity index is 1.74. The maximum atomic E-state index is 13.4. The first-order chi connectivity index (χ1) is 15.0. The molecular weight excluding hydrogens is 392 g/mol. The highest BCUT2D eigenvalue weighted by molar-refractivity contribution is 6.11. The molecule has 152 valence electrons. The molecule has 7 nitrogen and oxygen atoms in total. The molecule has 0 saturated carbocycles. The fourth-order valence-electron chi connectivity index (χ4n) is 4.06. The molecule has 0 aliphatic carbocycles. The van der Waals surface area contributed by atoms with Gasteiger partial charge in [0.15, 0.2) is 0 Å². The Morgan fingerprint density at radius 3 is 2.45 bits per heavy atom. The quantitative estimate of drug-likeness (QED) is 0.377. The third-order valence-electron chi connectivity index (χ3n) is 5.52. The van der Waals surface area contributed by atoms with Crippen LogP contribution in [-0.4, -0.2) is 21.0 Å². The molecule has 1 aromatic heterocycles. The number of fused-ring (bicyclic) bond motifs is 1. The monoisotopic (exact) mass is 410 g/mol.